The summed E-state index contributed by atoms with van der Waals surface area (Å²) in [6.07, 6.45) is 3.32. The molecule has 1 amide bonds. The van der Waals surface area contributed by atoms with Gasteiger partial charge in [-0.25, -0.2) is 0 Å². The number of carbonyl (C=O) groups excluding carboxylic acids is 1. The molecule has 0 radical (unpaired) electrons. The summed E-state index contributed by atoms with van der Waals surface area (Å²) in [6.45, 7) is 6.31. The van der Waals surface area contributed by atoms with Crippen LogP contribution in [0, 0.1) is 0 Å². The molecule has 0 unspecified atom stereocenters. The van der Waals surface area contributed by atoms with E-state index < -0.39 is 0 Å². The molecule has 1 aromatic rings. The summed E-state index contributed by atoms with van der Waals surface area (Å²) in [4.78, 5) is 17.5. The van der Waals surface area contributed by atoms with Crippen LogP contribution in [-0.4, -0.2) is 35.4 Å². The maximum atomic E-state index is 11.6. The number of hydrogen-bond acceptors (Lipinski definition) is 3. The van der Waals surface area contributed by atoms with Crippen molar-refractivity contribution in [3.05, 3.63) is 24.5 Å². The lowest BCUT2D eigenvalue weighted by Crippen LogP contribution is -2.32. The molecule has 0 saturated carbocycles. The Hall–Kier alpha value is -1.42. The van der Waals surface area contributed by atoms with Gasteiger partial charge in [0, 0.05) is 18.1 Å². The number of likely N-dealkylation sites (N-methyl/N-ethyl adjacent to an activating group) is 1. The average molecular weight is 207 g/mol. The maximum absolute atomic E-state index is 11.6. The molecule has 0 bridgehead atoms. The predicted molar refractivity (Wildman–Crippen MR) is 60.7 cm³/mol. The number of nitrogens with one attached hydrogen (secondary N) is 1. The minimum atomic E-state index is 0.0184. The molecule has 0 aromatic carbocycles. The van der Waals surface area contributed by atoms with Crippen molar-refractivity contribution >= 4 is 11.6 Å². The van der Waals surface area contributed by atoms with E-state index in [2.05, 4.69) is 15.2 Å². The van der Waals surface area contributed by atoms with E-state index >= 15 is 0 Å². The van der Waals surface area contributed by atoms with Crippen molar-refractivity contribution in [2.75, 3.05) is 25.0 Å². The van der Waals surface area contributed by atoms with Gasteiger partial charge in [-0.1, -0.05) is 13.8 Å². The number of hydrogen-bond donors (Lipinski definition) is 1. The lowest BCUT2D eigenvalue weighted by atomic mass is 10.4. The lowest BCUT2D eigenvalue weighted by Gasteiger charge is -2.17. The fourth-order valence-corrected chi connectivity index (χ4v) is 1.29. The molecule has 1 aromatic heterocycles. The second-order valence-corrected chi connectivity index (χ2v) is 3.25. The third kappa shape index (κ3) is 4.08. The molecule has 82 valence electrons. The fourth-order valence-electron chi connectivity index (χ4n) is 1.29. The van der Waals surface area contributed by atoms with Crippen LogP contribution in [0.4, 0.5) is 5.69 Å². The van der Waals surface area contributed by atoms with Crippen LogP contribution in [0.5, 0.6) is 0 Å². The molecule has 4 nitrogen and oxygen atoms in total. The van der Waals surface area contributed by atoms with E-state index in [1.807, 2.05) is 13.8 Å². The smallest absolute Gasteiger partial charge is 0.238 e. The molecule has 0 atom stereocenters. The molecule has 0 aliphatic heterocycles. The van der Waals surface area contributed by atoms with E-state index in [0.717, 1.165) is 18.8 Å². The van der Waals surface area contributed by atoms with Gasteiger partial charge in [-0.05, 0) is 25.2 Å². The first-order valence-electron chi connectivity index (χ1n) is 5.18. The summed E-state index contributed by atoms with van der Waals surface area (Å²) in [5.41, 5.74) is 0.794. The van der Waals surface area contributed by atoms with Gasteiger partial charge in [0.05, 0.1) is 6.54 Å². The van der Waals surface area contributed by atoms with Crippen LogP contribution in [0.3, 0.4) is 0 Å². The third-order valence-corrected chi connectivity index (χ3v) is 2.23. The van der Waals surface area contributed by atoms with Gasteiger partial charge in [0.1, 0.15) is 0 Å². The van der Waals surface area contributed by atoms with Crippen molar-refractivity contribution in [2.24, 2.45) is 0 Å². The number of pyridine rings is 1. The van der Waals surface area contributed by atoms with E-state index in [0.29, 0.717) is 6.54 Å². The molecular formula is C11H17N3O. The highest BCUT2D eigenvalue weighted by atomic mass is 16.2. The molecular weight excluding hydrogens is 190 g/mol. The van der Waals surface area contributed by atoms with Crippen molar-refractivity contribution < 1.29 is 4.79 Å². The van der Waals surface area contributed by atoms with Crippen LogP contribution in [-0.2, 0) is 4.79 Å². The largest absolute Gasteiger partial charge is 0.325 e. The molecule has 0 saturated heterocycles. The summed E-state index contributed by atoms with van der Waals surface area (Å²) in [5, 5.41) is 2.82. The minimum absolute atomic E-state index is 0.0184. The number of nitrogens with zero attached hydrogens (tertiary/aromatic N) is 2. The van der Waals surface area contributed by atoms with Crippen molar-refractivity contribution in [3.63, 3.8) is 0 Å². The van der Waals surface area contributed by atoms with Gasteiger partial charge in [0.15, 0.2) is 0 Å². The molecule has 0 spiro atoms. The normalized spacial score (nSPS) is 10.3. The maximum Gasteiger partial charge on any atom is 0.238 e. The number of carbonyl (C=O) groups is 1. The Labute approximate surface area is 90.3 Å². The van der Waals surface area contributed by atoms with Crippen molar-refractivity contribution in [2.45, 2.75) is 13.8 Å². The second kappa shape index (κ2) is 6.14. The van der Waals surface area contributed by atoms with Crippen molar-refractivity contribution in [1.29, 1.82) is 0 Å². The Kier molecular flexibility index (Phi) is 4.77. The van der Waals surface area contributed by atoms with E-state index in [4.69, 9.17) is 0 Å². The van der Waals surface area contributed by atoms with Gasteiger partial charge in [-0.3, -0.25) is 14.7 Å². The molecule has 0 fully saturated rings. The highest BCUT2D eigenvalue weighted by Gasteiger charge is 2.06. The fraction of sp³-hybridized carbons (Fsp3) is 0.455. The molecule has 15 heavy (non-hydrogen) atoms. The zero-order valence-corrected chi connectivity index (χ0v) is 9.23. The highest BCUT2D eigenvalue weighted by molar-refractivity contribution is 5.92. The van der Waals surface area contributed by atoms with Crippen LogP contribution in [0.1, 0.15) is 13.8 Å². The third-order valence-electron chi connectivity index (χ3n) is 2.23. The molecule has 4 heteroatoms. The Morgan fingerprint density at radius 1 is 1.33 bits per heavy atom. The van der Waals surface area contributed by atoms with Gasteiger partial charge < -0.3 is 5.32 Å². The summed E-state index contributed by atoms with van der Waals surface area (Å²) in [7, 11) is 0. The first kappa shape index (κ1) is 11.7. The molecule has 0 aliphatic carbocycles. The van der Waals surface area contributed by atoms with Crippen LogP contribution < -0.4 is 5.32 Å². The summed E-state index contributed by atoms with van der Waals surface area (Å²) < 4.78 is 0. The van der Waals surface area contributed by atoms with Gasteiger partial charge in [-0.2, -0.15) is 0 Å². The lowest BCUT2D eigenvalue weighted by molar-refractivity contribution is -0.117. The molecule has 0 aliphatic rings. The van der Waals surface area contributed by atoms with Gasteiger partial charge in [0.2, 0.25) is 5.91 Å². The van der Waals surface area contributed by atoms with E-state index in [1.54, 1.807) is 24.5 Å². The standard InChI is InChI=1S/C11H17N3O/c1-3-14(4-2)9-11(15)13-10-5-7-12-8-6-10/h5-8H,3-4,9H2,1-2H3,(H,12,13,15). The first-order valence-corrected chi connectivity index (χ1v) is 5.18. The zero-order valence-electron chi connectivity index (χ0n) is 9.23. The van der Waals surface area contributed by atoms with Crippen molar-refractivity contribution in [3.8, 4) is 0 Å². The number of aromatic nitrogens is 1. The van der Waals surface area contributed by atoms with E-state index in [1.165, 1.54) is 0 Å². The quantitative estimate of drug-likeness (QED) is 0.793. The van der Waals surface area contributed by atoms with Crippen LogP contribution >= 0.6 is 0 Å². The minimum Gasteiger partial charge on any atom is -0.325 e. The van der Waals surface area contributed by atoms with Crippen LogP contribution in [0.25, 0.3) is 0 Å². The molecule has 1 N–H and O–H groups in total. The Morgan fingerprint density at radius 2 is 1.93 bits per heavy atom. The van der Waals surface area contributed by atoms with E-state index in [-0.39, 0.29) is 5.91 Å². The molecule has 1 heterocycles. The van der Waals surface area contributed by atoms with Crippen LogP contribution in [0.15, 0.2) is 24.5 Å². The second-order valence-electron chi connectivity index (χ2n) is 3.25. The van der Waals surface area contributed by atoms with Gasteiger partial charge >= 0.3 is 0 Å². The Balaban J connectivity index is 2.43. The SMILES string of the molecule is CCN(CC)CC(=O)Nc1ccncc1. The van der Waals surface area contributed by atoms with Crippen LogP contribution in [0.2, 0.25) is 0 Å². The number of anilines is 1. The number of rotatable bonds is 5. The Bertz CT molecular complexity index is 296. The van der Waals surface area contributed by atoms with Crippen molar-refractivity contribution in [1.82, 2.24) is 9.88 Å². The number of amides is 1. The van der Waals surface area contributed by atoms with E-state index in [9.17, 15) is 4.79 Å². The topological polar surface area (TPSA) is 45.2 Å². The Morgan fingerprint density at radius 3 is 2.47 bits per heavy atom. The first-order chi connectivity index (χ1) is 7.26. The average Bonchev–Trinajstić information content (AvgIpc) is 2.27. The monoisotopic (exact) mass is 207 g/mol. The zero-order chi connectivity index (χ0) is 11.1. The highest BCUT2D eigenvalue weighted by Crippen LogP contribution is 2.02. The summed E-state index contributed by atoms with van der Waals surface area (Å²) in [5.74, 6) is 0.0184. The summed E-state index contributed by atoms with van der Waals surface area (Å²) in [6, 6.07) is 3.56. The molecule has 1 rings (SSSR count). The predicted octanol–water partition coefficient (Wildman–Crippen LogP) is 1.36. The van der Waals surface area contributed by atoms with Gasteiger partial charge in [-0.15, -0.1) is 0 Å². The summed E-state index contributed by atoms with van der Waals surface area (Å²) >= 11 is 0. The van der Waals surface area contributed by atoms with Gasteiger partial charge in [0.25, 0.3) is 0 Å².